The van der Waals surface area contributed by atoms with Crippen LogP contribution in [0.2, 0.25) is 0 Å². The molecule has 0 fully saturated rings. The lowest BCUT2D eigenvalue weighted by molar-refractivity contribution is -0.167. The highest BCUT2D eigenvalue weighted by molar-refractivity contribution is 5.71. The molecule has 0 aromatic heterocycles. The maximum Gasteiger partial charge on any atom is 0.306 e. The molecule has 0 radical (unpaired) electrons. The second-order valence-electron chi connectivity index (χ2n) is 19.3. The van der Waals surface area contributed by atoms with E-state index in [0.717, 1.165) is 63.7 Å². The van der Waals surface area contributed by atoms with Crippen LogP contribution >= 0.6 is 0 Å². The molecule has 0 spiro atoms. The molecule has 0 aromatic carbocycles. The molecule has 0 bridgehead atoms. The van der Waals surface area contributed by atoms with Crippen LogP contribution in [0.4, 0.5) is 0 Å². The number of carbonyl (C=O) groups excluding carboxylic acids is 3. The van der Waals surface area contributed by atoms with Gasteiger partial charge in [-0.25, -0.2) is 0 Å². The summed E-state index contributed by atoms with van der Waals surface area (Å²) in [5.41, 5.74) is 0. The maximum atomic E-state index is 12.8. The van der Waals surface area contributed by atoms with Gasteiger partial charge in [-0.2, -0.15) is 0 Å². The van der Waals surface area contributed by atoms with Gasteiger partial charge in [0.1, 0.15) is 13.2 Å². The highest BCUT2D eigenvalue weighted by Gasteiger charge is 2.19. The van der Waals surface area contributed by atoms with Gasteiger partial charge in [0, 0.05) is 19.3 Å². The van der Waals surface area contributed by atoms with Gasteiger partial charge in [-0.15, -0.1) is 0 Å². The van der Waals surface area contributed by atoms with E-state index in [2.05, 4.69) is 27.7 Å². The van der Waals surface area contributed by atoms with Gasteiger partial charge < -0.3 is 14.2 Å². The summed E-state index contributed by atoms with van der Waals surface area (Å²) < 4.78 is 16.8. The first-order chi connectivity index (χ1) is 29.9. The van der Waals surface area contributed by atoms with E-state index in [1.807, 2.05) is 0 Å². The Hall–Kier alpha value is -1.59. The predicted octanol–water partition coefficient (Wildman–Crippen LogP) is 17.8. The van der Waals surface area contributed by atoms with E-state index in [-0.39, 0.29) is 31.1 Å². The minimum absolute atomic E-state index is 0.0629. The lowest BCUT2D eigenvalue weighted by atomic mass is 10.0. The van der Waals surface area contributed by atoms with Crippen LogP contribution in [0.3, 0.4) is 0 Å². The Balaban J connectivity index is 4.16. The maximum absolute atomic E-state index is 12.8. The minimum atomic E-state index is -0.760. The number of rotatable bonds is 50. The monoisotopic (exact) mass is 863 g/mol. The van der Waals surface area contributed by atoms with E-state index >= 15 is 0 Å². The van der Waals surface area contributed by atoms with Crippen molar-refractivity contribution < 1.29 is 28.6 Å². The lowest BCUT2D eigenvalue weighted by Gasteiger charge is -2.18. The highest BCUT2D eigenvalue weighted by atomic mass is 16.6. The Kier molecular flexibility index (Phi) is 48.1. The topological polar surface area (TPSA) is 78.9 Å². The summed E-state index contributed by atoms with van der Waals surface area (Å²) in [6.45, 7) is 9.01. The number of unbranched alkanes of at least 4 members (excludes halogenated alkanes) is 37. The van der Waals surface area contributed by atoms with Crippen LogP contribution in [0, 0.1) is 5.92 Å². The second-order valence-corrected chi connectivity index (χ2v) is 19.3. The van der Waals surface area contributed by atoms with Crippen LogP contribution in [0.15, 0.2) is 0 Å². The Labute approximate surface area is 380 Å². The van der Waals surface area contributed by atoms with Crippen LogP contribution in [0.5, 0.6) is 0 Å². The summed E-state index contributed by atoms with van der Waals surface area (Å²) in [6.07, 6.45) is 52.5. The molecular weight excluding hydrogens is 757 g/mol. The molecule has 61 heavy (non-hydrogen) atoms. The molecule has 0 saturated carbocycles. The van der Waals surface area contributed by atoms with Crippen molar-refractivity contribution in [3.8, 4) is 0 Å². The number of ether oxygens (including phenoxy) is 3. The number of hydrogen-bond acceptors (Lipinski definition) is 6. The molecule has 6 heteroatoms. The van der Waals surface area contributed by atoms with Gasteiger partial charge in [-0.3, -0.25) is 14.4 Å². The zero-order valence-corrected chi connectivity index (χ0v) is 41.6. The second kappa shape index (κ2) is 49.4. The Bertz CT molecular complexity index is 918. The van der Waals surface area contributed by atoms with Crippen LogP contribution in [-0.2, 0) is 28.6 Å². The van der Waals surface area contributed by atoms with E-state index in [1.54, 1.807) is 0 Å². The van der Waals surface area contributed by atoms with Crippen molar-refractivity contribution in [2.75, 3.05) is 13.2 Å². The van der Waals surface area contributed by atoms with E-state index in [9.17, 15) is 14.4 Å². The highest BCUT2D eigenvalue weighted by Crippen LogP contribution is 2.18. The SMILES string of the molecule is CCCCCCCCCCCCCCCCCCCCCC(=O)O[C@H](COC(=O)CCCCCCCCC)COC(=O)CCCCCCCCCCCCCCCCC(C)C. The molecule has 0 aliphatic heterocycles. The standard InChI is InChI=1S/C55H106O6/c1-5-7-9-11-13-14-15-16-17-18-19-20-21-26-29-32-36-40-44-48-55(58)61-52(49-59-53(56)46-42-38-33-12-10-8-6-2)50-60-54(57)47-43-39-35-31-28-25-23-22-24-27-30-34-37-41-45-51(3)4/h51-52H,5-50H2,1-4H3/t52-/m1/s1. The summed E-state index contributed by atoms with van der Waals surface area (Å²) in [6, 6.07) is 0. The van der Waals surface area contributed by atoms with Crippen molar-refractivity contribution in [3.63, 3.8) is 0 Å². The smallest absolute Gasteiger partial charge is 0.306 e. The van der Waals surface area contributed by atoms with Gasteiger partial charge in [-0.05, 0) is 25.2 Å². The van der Waals surface area contributed by atoms with E-state index in [4.69, 9.17) is 14.2 Å². The normalized spacial score (nSPS) is 12.0. The third kappa shape index (κ3) is 49.3. The molecule has 0 aliphatic rings. The summed E-state index contributed by atoms with van der Waals surface area (Å²) in [5, 5.41) is 0. The first-order valence-corrected chi connectivity index (χ1v) is 27.4. The molecule has 0 unspecified atom stereocenters. The fraction of sp³-hybridized carbons (Fsp3) is 0.945. The molecule has 1 atom stereocenters. The van der Waals surface area contributed by atoms with Crippen LogP contribution in [-0.4, -0.2) is 37.2 Å². The average molecular weight is 863 g/mol. The molecule has 0 heterocycles. The number of carbonyl (C=O) groups is 3. The van der Waals surface area contributed by atoms with Gasteiger partial charge in [0.15, 0.2) is 6.10 Å². The zero-order valence-electron chi connectivity index (χ0n) is 41.6. The van der Waals surface area contributed by atoms with Crippen molar-refractivity contribution in [1.82, 2.24) is 0 Å². The first kappa shape index (κ1) is 59.4. The van der Waals surface area contributed by atoms with Crippen molar-refractivity contribution in [2.24, 2.45) is 5.92 Å². The zero-order chi connectivity index (χ0) is 44.5. The average Bonchev–Trinajstić information content (AvgIpc) is 3.24. The van der Waals surface area contributed by atoms with Crippen molar-refractivity contribution >= 4 is 17.9 Å². The molecule has 0 aliphatic carbocycles. The van der Waals surface area contributed by atoms with Gasteiger partial charge >= 0.3 is 17.9 Å². The van der Waals surface area contributed by atoms with Gasteiger partial charge in [0.25, 0.3) is 0 Å². The Morgan fingerprint density at radius 1 is 0.311 bits per heavy atom. The van der Waals surface area contributed by atoms with Crippen LogP contribution < -0.4 is 0 Å². The summed E-state index contributed by atoms with van der Waals surface area (Å²) in [5.74, 6) is -0.00281. The number of esters is 3. The van der Waals surface area contributed by atoms with Gasteiger partial charge in [-0.1, -0.05) is 272 Å². The fourth-order valence-electron chi connectivity index (χ4n) is 8.39. The van der Waals surface area contributed by atoms with Crippen molar-refractivity contribution in [3.05, 3.63) is 0 Å². The largest absolute Gasteiger partial charge is 0.462 e. The molecule has 0 amide bonds. The Morgan fingerprint density at radius 3 is 0.803 bits per heavy atom. The molecule has 362 valence electrons. The summed E-state index contributed by atoms with van der Waals surface area (Å²) in [7, 11) is 0. The number of hydrogen-bond donors (Lipinski definition) is 0. The third-order valence-corrected chi connectivity index (χ3v) is 12.5. The first-order valence-electron chi connectivity index (χ1n) is 27.4. The molecule has 0 saturated heterocycles. The van der Waals surface area contributed by atoms with Crippen molar-refractivity contribution in [2.45, 2.75) is 316 Å². The van der Waals surface area contributed by atoms with Gasteiger partial charge in [0.05, 0.1) is 0 Å². The molecule has 0 aromatic rings. The predicted molar refractivity (Wildman–Crippen MR) is 261 cm³/mol. The quantitative estimate of drug-likeness (QED) is 0.0344. The molecular formula is C55H106O6. The van der Waals surface area contributed by atoms with Crippen LogP contribution in [0.25, 0.3) is 0 Å². The summed E-state index contributed by atoms with van der Waals surface area (Å²) in [4.78, 5) is 37.9. The van der Waals surface area contributed by atoms with E-state index in [0.29, 0.717) is 19.3 Å². The van der Waals surface area contributed by atoms with E-state index in [1.165, 1.54) is 205 Å². The van der Waals surface area contributed by atoms with Gasteiger partial charge in [0.2, 0.25) is 0 Å². The van der Waals surface area contributed by atoms with Crippen LogP contribution in [0.1, 0.15) is 310 Å². The minimum Gasteiger partial charge on any atom is -0.462 e. The molecule has 0 rings (SSSR count). The van der Waals surface area contributed by atoms with Crippen molar-refractivity contribution in [1.29, 1.82) is 0 Å². The van der Waals surface area contributed by atoms with E-state index < -0.39 is 6.10 Å². The summed E-state index contributed by atoms with van der Waals surface area (Å²) >= 11 is 0. The lowest BCUT2D eigenvalue weighted by Crippen LogP contribution is -2.30. The molecule has 6 nitrogen and oxygen atoms in total. The Morgan fingerprint density at radius 2 is 0.541 bits per heavy atom. The third-order valence-electron chi connectivity index (χ3n) is 12.5. The fourth-order valence-corrected chi connectivity index (χ4v) is 8.39. The molecule has 0 N–H and O–H groups in total.